The van der Waals surface area contributed by atoms with E-state index in [0.717, 1.165) is 49.7 Å². The van der Waals surface area contributed by atoms with E-state index in [1.807, 2.05) is 30.3 Å². The van der Waals surface area contributed by atoms with E-state index in [4.69, 9.17) is 9.47 Å². The molecule has 1 aliphatic heterocycles. The zero-order valence-corrected chi connectivity index (χ0v) is 16.7. The molecule has 0 bridgehead atoms. The summed E-state index contributed by atoms with van der Waals surface area (Å²) in [4.78, 5) is 16.6. The standard InChI is InChI=1S/C22H29N3O3/c1-24(16-18-6-5-9-21(14-18)27-2)22(26)23-15-19-7-3-4-8-20(19)17-25-10-12-28-13-11-25/h3-9,14H,10-13,15-17H2,1-2H3,(H,23,26). The minimum atomic E-state index is -0.0935. The Morgan fingerprint density at radius 2 is 1.89 bits per heavy atom. The van der Waals surface area contributed by atoms with E-state index in [0.29, 0.717) is 13.1 Å². The molecular formula is C22H29N3O3. The molecule has 1 aliphatic rings. The summed E-state index contributed by atoms with van der Waals surface area (Å²) in [5, 5.41) is 3.04. The van der Waals surface area contributed by atoms with Gasteiger partial charge in [-0.3, -0.25) is 4.90 Å². The van der Waals surface area contributed by atoms with Crippen LogP contribution in [-0.4, -0.2) is 56.3 Å². The highest BCUT2D eigenvalue weighted by Gasteiger charge is 2.14. The lowest BCUT2D eigenvalue weighted by Crippen LogP contribution is -2.37. The molecule has 0 unspecified atom stereocenters. The van der Waals surface area contributed by atoms with Gasteiger partial charge in [-0.25, -0.2) is 4.79 Å². The number of rotatable bonds is 7. The molecule has 6 nitrogen and oxygen atoms in total. The van der Waals surface area contributed by atoms with Gasteiger partial charge >= 0.3 is 6.03 Å². The number of morpholine rings is 1. The third-order valence-corrected chi connectivity index (χ3v) is 4.95. The summed E-state index contributed by atoms with van der Waals surface area (Å²) in [6.45, 7) is 5.39. The Labute approximate surface area is 167 Å². The minimum Gasteiger partial charge on any atom is -0.497 e. The SMILES string of the molecule is COc1cccc(CN(C)C(=O)NCc2ccccc2CN2CCOCC2)c1. The highest BCUT2D eigenvalue weighted by Crippen LogP contribution is 2.15. The van der Waals surface area contributed by atoms with Crippen LogP contribution in [0.5, 0.6) is 5.75 Å². The smallest absolute Gasteiger partial charge is 0.317 e. The molecule has 6 heteroatoms. The predicted molar refractivity (Wildman–Crippen MR) is 109 cm³/mol. The molecule has 1 fully saturated rings. The summed E-state index contributed by atoms with van der Waals surface area (Å²) in [6, 6.07) is 16.0. The number of amides is 2. The van der Waals surface area contributed by atoms with Crippen LogP contribution in [0.25, 0.3) is 0 Å². The molecule has 1 saturated heterocycles. The molecule has 0 spiro atoms. The number of ether oxygens (including phenoxy) is 2. The van der Waals surface area contributed by atoms with Crippen LogP contribution in [0.2, 0.25) is 0 Å². The molecular weight excluding hydrogens is 354 g/mol. The van der Waals surface area contributed by atoms with Gasteiger partial charge in [0.05, 0.1) is 20.3 Å². The number of hydrogen-bond acceptors (Lipinski definition) is 4. The number of hydrogen-bond donors (Lipinski definition) is 1. The maximum Gasteiger partial charge on any atom is 0.317 e. The van der Waals surface area contributed by atoms with E-state index in [1.54, 1.807) is 19.1 Å². The zero-order valence-electron chi connectivity index (χ0n) is 16.7. The molecule has 0 aliphatic carbocycles. The second kappa shape index (κ2) is 10.1. The topological polar surface area (TPSA) is 54.0 Å². The molecule has 2 amide bonds. The fourth-order valence-corrected chi connectivity index (χ4v) is 3.31. The molecule has 0 saturated carbocycles. The highest BCUT2D eigenvalue weighted by molar-refractivity contribution is 5.73. The Morgan fingerprint density at radius 1 is 1.14 bits per heavy atom. The minimum absolute atomic E-state index is 0.0935. The zero-order chi connectivity index (χ0) is 19.8. The van der Waals surface area contributed by atoms with Crippen molar-refractivity contribution in [3.63, 3.8) is 0 Å². The maximum absolute atomic E-state index is 12.5. The molecule has 1 N–H and O–H groups in total. The average molecular weight is 383 g/mol. The molecule has 3 rings (SSSR count). The van der Waals surface area contributed by atoms with E-state index in [1.165, 1.54) is 5.56 Å². The van der Waals surface area contributed by atoms with Gasteiger partial charge in [0.15, 0.2) is 0 Å². The number of methoxy groups -OCH3 is 1. The van der Waals surface area contributed by atoms with Crippen molar-refractivity contribution in [1.29, 1.82) is 0 Å². The summed E-state index contributed by atoms with van der Waals surface area (Å²) >= 11 is 0. The van der Waals surface area contributed by atoms with E-state index in [9.17, 15) is 4.79 Å². The van der Waals surface area contributed by atoms with Crippen LogP contribution in [0.15, 0.2) is 48.5 Å². The molecule has 1 heterocycles. The summed E-state index contributed by atoms with van der Waals surface area (Å²) in [5.41, 5.74) is 3.43. The number of benzene rings is 2. The monoisotopic (exact) mass is 383 g/mol. The van der Waals surface area contributed by atoms with Crippen molar-refractivity contribution in [3.05, 3.63) is 65.2 Å². The summed E-state index contributed by atoms with van der Waals surface area (Å²) in [5.74, 6) is 0.795. The molecule has 0 radical (unpaired) electrons. The van der Waals surface area contributed by atoms with Gasteiger partial charge in [0.2, 0.25) is 0 Å². The van der Waals surface area contributed by atoms with Crippen molar-refractivity contribution in [3.8, 4) is 5.75 Å². The van der Waals surface area contributed by atoms with Crippen molar-refractivity contribution in [2.75, 3.05) is 40.5 Å². The number of urea groups is 1. The van der Waals surface area contributed by atoms with Crippen LogP contribution in [0.3, 0.4) is 0 Å². The van der Waals surface area contributed by atoms with E-state index >= 15 is 0 Å². The highest BCUT2D eigenvalue weighted by atomic mass is 16.5. The fraction of sp³-hybridized carbons (Fsp3) is 0.409. The molecule has 2 aromatic carbocycles. The van der Waals surface area contributed by atoms with Crippen LogP contribution in [0.1, 0.15) is 16.7 Å². The predicted octanol–water partition coefficient (Wildman–Crippen LogP) is 2.87. The summed E-state index contributed by atoms with van der Waals surface area (Å²) < 4.78 is 10.7. The van der Waals surface area contributed by atoms with Gasteiger partial charge in [-0.2, -0.15) is 0 Å². The molecule has 0 aromatic heterocycles. The lowest BCUT2D eigenvalue weighted by atomic mass is 10.1. The van der Waals surface area contributed by atoms with Gasteiger partial charge in [-0.05, 0) is 28.8 Å². The van der Waals surface area contributed by atoms with Gasteiger partial charge in [-0.1, -0.05) is 36.4 Å². The van der Waals surface area contributed by atoms with E-state index in [-0.39, 0.29) is 6.03 Å². The molecule has 2 aromatic rings. The van der Waals surface area contributed by atoms with Crippen LogP contribution in [-0.2, 0) is 24.4 Å². The van der Waals surface area contributed by atoms with Gasteiger partial charge in [0.1, 0.15) is 5.75 Å². The van der Waals surface area contributed by atoms with Gasteiger partial charge in [0, 0.05) is 39.8 Å². The second-order valence-electron chi connectivity index (χ2n) is 7.02. The maximum atomic E-state index is 12.5. The van der Waals surface area contributed by atoms with E-state index < -0.39 is 0 Å². The van der Waals surface area contributed by atoms with Crippen molar-refractivity contribution in [2.24, 2.45) is 0 Å². The molecule has 150 valence electrons. The van der Waals surface area contributed by atoms with E-state index in [2.05, 4.69) is 28.4 Å². The lowest BCUT2D eigenvalue weighted by Gasteiger charge is -2.27. The quantitative estimate of drug-likeness (QED) is 0.799. The Morgan fingerprint density at radius 3 is 2.64 bits per heavy atom. The van der Waals surface area contributed by atoms with Gasteiger partial charge in [0.25, 0.3) is 0 Å². The first-order valence-electron chi connectivity index (χ1n) is 9.64. The number of carbonyl (C=O) groups is 1. The fourth-order valence-electron chi connectivity index (χ4n) is 3.31. The van der Waals surface area contributed by atoms with Crippen LogP contribution >= 0.6 is 0 Å². The summed E-state index contributed by atoms with van der Waals surface area (Å²) in [7, 11) is 3.44. The molecule has 0 atom stereocenters. The van der Waals surface area contributed by atoms with Crippen molar-refractivity contribution >= 4 is 6.03 Å². The normalized spacial score (nSPS) is 14.5. The third-order valence-electron chi connectivity index (χ3n) is 4.95. The van der Waals surface area contributed by atoms with Crippen molar-refractivity contribution < 1.29 is 14.3 Å². The third kappa shape index (κ3) is 5.71. The van der Waals surface area contributed by atoms with Crippen molar-refractivity contribution in [2.45, 2.75) is 19.6 Å². The van der Waals surface area contributed by atoms with Crippen LogP contribution in [0.4, 0.5) is 4.79 Å². The second-order valence-corrected chi connectivity index (χ2v) is 7.02. The lowest BCUT2D eigenvalue weighted by molar-refractivity contribution is 0.0341. The first-order valence-corrected chi connectivity index (χ1v) is 9.64. The van der Waals surface area contributed by atoms with Crippen LogP contribution in [0, 0.1) is 0 Å². The first kappa shape index (κ1) is 20.2. The average Bonchev–Trinajstić information content (AvgIpc) is 2.73. The number of nitrogens with zero attached hydrogens (tertiary/aromatic N) is 2. The van der Waals surface area contributed by atoms with Gasteiger partial charge < -0.3 is 19.7 Å². The summed E-state index contributed by atoms with van der Waals surface area (Å²) in [6.07, 6.45) is 0. The Hall–Kier alpha value is -2.57. The van der Waals surface area contributed by atoms with Crippen molar-refractivity contribution in [1.82, 2.24) is 15.1 Å². The Kier molecular flexibility index (Phi) is 7.28. The Balaban J connectivity index is 1.54. The Bertz CT molecular complexity index is 775. The van der Waals surface area contributed by atoms with Crippen LogP contribution < -0.4 is 10.1 Å². The van der Waals surface area contributed by atoms with Gasteiger partial charge in [-0.15, -0.1) is 0 Å². The number of nitrogens with one attached hydrogen (secondary N) is 1. The molecule has 28 heavy (non-hydrogen) atoms. The first-order chi connectivity index (χ1) is 13.7. The number of carbonyl (C=O) groups excluding carboxylic acids is 1. The largest absolute Gasteiger partial charge is 0.497 e.